The molecule has 4 rings (SSSR count). The third-order valence-corrected chi connectivity index (χ3v) is 7.99. The molecule has 0 radical (unpaired) electrons. The number of rotatable bonds is 8. The Morgan fingerprint density at radius 2 is 1.94 bits per heavy atom. The zero-order chi connectivity index (χ0) is 23.5. The molecule has 1 aliphatic carbocycles. The Morgan fingerprint density at radius 3 is 2.61 bits per heavy atom. The van der Waals surface area contributed by atoms with E-state index in [4.69, 9.17) is 0 Å². The van der Waals surface area contributed by atoms with Gasteiger partial charge in [0, 0.05) is 43.3 Å². The lowest BCUT2D eigenvalue weighted by atomic mass is 9.93. The Labute approximate surface area is 198 Å². The number of halogens is 1. The lowest BCUT2D eigenvalue weighted by Gasteiger charge is -2.38. The van der Waals surface area contributed by atoms with E-state index in [0.717, 1.165) is 31.4 Å². The number of carboxylic acids is 1. The number of hydrogen-bond acceptors (Lipinski definition) is 6. The highest BCUT2D eigenvalue weighted by Gasteiger charge is 2.41. The number of Topliss-reactive ketones (excluding diaryl/α,β-unsaturated/α-hetero) is 1. The second-order valence-corrected chi connectivity index (χ2v) is 10.6. The maximum atomic E-state index is 14.8. The average molecular weight is 475 g/mol. The molecule has 3 fully saturated rings. The number of thioether (sulfide) groups is 1. The van der Waals surface area contributed by atoms with Crippen molar-refractivity contribution in [3.8, 4) is 0 Å². The summed E-state index contributed by atoms with van der Waals surface area (Å²) in [5.74, 6) is -1.11. The van der Waals surface area contributed by atoms with Crippen molar-refractivity contribution in [1.29, 1.82) is 0 Å². The molecular weight excluding hydrogens is 443 g/mol. The van der Waals surface area contributed by atoms with Crippen molar-refractivity contribution in [2.75, 3.05) is 26.2 Å². The minimum absolute atomic E-state index is 0.00715. The van der Waals surface area contributed by atoms with Crippen molar-refractivity contribution in [2.45, 2.75) is 56.4 Å². The second kappa shape index (κ2) is 10.5. The fraction of sp³-hybridized carbons (Fsp3) is 0.560. The van der Waals surface area contributed by atoms with Gasteiger partial charge in [0.2, 0.25) is 0 Å². The van der Waals surface area contributed by atoms with E-state index in [-0.39, 0.29) is 27.9 Å². The van der Waals surface area contributed by atoms with Gasteiger partial charge in [0.15, 0.2) is 10.9 Å². The van der Waals surface area contributed by atoms with Crippen LogP contribution in [0.5, 0.6) is 0 Å². The van der Waals surface area contributed by atoms with Crippen LogP contribution in [0.2, 0.25) is 0 Å². The number of aliphatic carboxylic acids is 1. The van der Waals surface area contributed by atoms with Gasteiger partial charge in [-0.1, -0.05) is 36.0 Å². The van der Waals surface area contributed by atoms with E-state index in [1.54, 1.807) is 25.1 Å². The number of hydrogen-bond donors (Lipinski definition) is 1. The molecule has 2 aliphatic heterocycles. The van der Waals surface area contributed by atoms with Crippen LogP contribution in [0.15, 0.2) is 35.9 Å². The number of carbonyl (C=O) groups is 3. The van der Waals surface area contributed by atoms with Crippen molar-refractivity contribution in [3.63, 3.8) is 0 Å². The summed E-state index contributed by atoms with van der Waals surface area (Å²) in [6, 6.07) is 5.37. The maximum absolute atomic E-state index is 14.8. The summed E-state index contributed by atoms with van der Waals surface area (Å²) < 4.78 is 14.8. The van der Waals surface area contributed by atoms with Crippen LogP contribution in [0.4, 0.5) is 4.39 Å². The van der Waals surface area contributed by atoms with E-state index in [9.17, 15) is 23.9 Å². The van der Waals surface area contributed by atoms with Gasteiger partial charge in [0.25, 0.3) is 0 Å². The van der Waals surface area contributed by atoms with Gasteiger partial charge >= 0.3 is 5.97 Å². The van der Waals surface area contributed by atoms with Crippen LogP contribution in [0, 0.1) is 11.7 Å². The summed E-state index contributed by atoms with van der Waals surface area (Å²) in [5.41, 5.74) is 1.43. The lowest BCUT2D eigenvalue weighted by molar-refractivity contribution is -0.142. The molecule has 2 heterocycles. The van der Waals surface area contributed by atoms with Crippen molar-refractivity contribution >= 4 is 28.6 Å². The topological polar surface area (TPSA) is 77.9 Å². The highest BCUT2D eigenvalue weighted by Crippen LogP contribution is 2.40. The predicted octanol–water partition coefficient (Wildman–Crippen LogP) is 3.68. The normalized spacial score (nSPS) is 26.4. The summed E-state index contributed by atoms with van der Waals surface area (Å²) in [4.78, 5) is 40.7. The molecule has 1 aromatic rings. The van der Waals surface area contributed by atoms with Crippen molar-refractivity contribution in [1.82, 2.24) is 9.80 Å². The fourth-order valence-electron chi connectivity index (χ4n) is 5.01. The minimum Gasteiger partial charge on any atom is -0.480 e. The molecule has 178 valence electrons. The number of ketones is 1. The molecule has 2 saturated heterocycles. The highest BCUT2D eigenvalue weighted by molar-refractivity contribution is 8.14. The van der Waals surface area contributed by atoms with E-state index < -0.39 is 18.1 Å². The molecule has 2 unspecified atom stereocenters. The second-order valence-electron chi connectivity index (χ2n) is 9.23. The van der Waals surface area contributed by atoms with Crippen LogP contribution < -0.4 is 0 Å². The average Bonchev–Trinajstić information content (AvgIpc) is 3.52. The molecule has 6 nitrogen and oxygen atoms in total. The summed E-state index contributed by atoms with van der Waals surface area (Å²) >= 11 is 1.29. The molecule has 0 bridgehead atoms. The SMILES string of the molecule is CC(=O)SC1CCN(C(C(=O)C2CC2)c2ccccc2F)C/C1=C\CN1CCC[C@H]1C(=O)O. The van der Waals surface area contributed by atoms with Crippen molar-refractivity contribution in [2.24, 2.45) is 5.92 Å². The summed E-state index contributed by atoms with van der Waals surface area (Å²) in [7, 11) is 0. The smallest absolute Gasteiger partial charge is 0.320 e. The van der Waals surface area contributed by atoms with Gasteiger partial charge in [-0.3, -0.25) is 24.2 Å². The number of likely N-dealkylation sites (tertiary alicyclic amines) is 2. The van der Waals surface area contributed by atoms with E-state index in [1.807, 2.05) is 15.9 Å². The number of piperidine rings is 1. The molecule has 8 heteroatoms. The van der Waals surface area contributed by atoms with E-state index in [1.165, 1.54) is 17.8 Å². The first kappa shape index (κ1) is 24.1. The fourth-order valence-corrected chi connectivity index (χ4v) is 5.96. The Kier molecular flexibility index (Phi) is 7.66. The third kappa shape index (κ3) is 5.73. The molecule has 0 aromatic heterocycles. The standard InChI is InChI=1S/C25H31FN2O4S/c1-16(29)33-22-11-14-28(15-18(22)10-13-27-12-4-7-21(27)25(31)32)23(24(30)17-8-9-17)19-5-2-3-6-20(19)26/h2-3,5-6,10,17,21-23H,4,7-9,11-15H2,1H3,(H,31,32)/b18-10+/t21-,22?,23?/m0/s1. The number of nitrogens with zero attached hydrogens (tertiary/aromatic N) is 2. The third-order valence-electron chi connectivity index (χ3n) is 6.84. The predicted molar refractivity (Wildman–Crippen MR) is 125 cm³/mol. The number of benzene rings is 1. The Balaban J connectivity index is 1.58. The molecule has 3 aliphatic rings. The minimum atomic E-state index is -0.805. The van der Waals surface area contributed by atoms with Crippen molar-refractivity contribution in [3.05, 3.63) is 47.3 Å². The first-order chi connectivity index (χ1) is 15.8. The van der Waals surface area contributed by atoms with Gasteiger partial charge in [-0.2, -0.15) is 0 Å². The number of carbonyl (C=O) groups excluding carboxylic acids is 2. The molecule has 1 saturated carbocycles. The van der Waals surface area contributed by atoms with Crippen LogP contribution in [-0.4, -0.2) is 69.2 Å². The van der Waals surface area contributed by atoms with E-state index in [2.05, 4.69) is 0 Å². The first-order valence-electron chi connectivity index (χ1n) is 11.7. The Hall–Kier alpha value is -2.03. The monoisotopic (exact) mass is 474 g/mol. The zero-order valence-electron chi connectivity index (χ0n) is 18.9. The maximum Gasteiger partial charge on any atom is 0.320 e. The van der Waals surface area contributed by atoms with E-state index >= 15 is 0 Å². The first-order valence-corrected chi connectivity index (χ1v) is 12.6. The van der Waals surface area contributed by atoms with Gasteiger partial charge in [0.1, 0.15) is 11.9 Å². The van der Waals surface area contributed by atoms with Crippen LogP contribution in [0.1, 0.15) is 50.6 Å². The quantitative estimate of drug-likeness (QED) is 0.576. The Bertz CT molecular complexity index is 948. The van der Waals surface area contributed by atoms with Gasteiger partial charge in [-0.05, 0) is 50.3 Å². The molecular formula is C25H31FN2O4S. The molecule has 1 N–H and O–H groups in total. The number of carboxylic acid groups (broad SMARTS) is 1. The van der Waals surface area contributed by atoms with Gasteiger partial charge < -0.3 is 5.11 Å². The largest absolute Gasteiger partial charge is 0.480 e. The molecule has 0 spiro atoms. The van der Waals surface area contributed by atoms with Gasteiger partial charge in [-0.25, -0.2) is 4.39 Å². The molecule has 33 heavy (non-hydrogen) atoms. The van der Waals surface area contributed by atoms with Crippen LogP contribution in [0.3, 0.4) is 0 Å². The van der Waals surface area contributed by atoms with Gasteiger partial charge in [-0.15, -0.1) is 0 Å². The molecule has 3 atom stereocenters. The zero-order valence-corrected chi connectivity index (χ0v) is 19.7. The highest BCUT2D eigenvalue weighted by atomic mass is 32.2. The van der Waals surface area contributed by atoms with E-state index in [0.29, 0.717) is 38.0 Å². The summed E-state index contributed by atoms with van der Waals surface area (Å²) in [6.45, 7) is 3.84. The van der Waals surface area contributed by atoms with Crippen LogP contribution >= 0.6 is 11.8 Å². The van der Waals surface area contributed by atoms with Crippen LogP contribution in [0.25, 0.3) is 0 Å². The summed E-state index contributed by atoms with van der Waals surface area (Å²) in [5, 5.41) is 9.50. The lowest BCUT2D eigenvalue weighted by Crippen LogP contribution is -2.43. The molecule has 0 amide bonds. The summed E-state index contributed by atoms with van der Waals surface area (Å²) in [6.07, 6.45) is 5.92. The van der Waals surface area contributed by atoms with Crippen LogP contribution in [-0.2, 0) is 14.4 Å². The van der Waals surface area contributed by atoms with Crippen molar-refractivity contribution < 1.29 is 23.9 Å². The Morgan fingerprint density at radius 1 is 1.18 bits per heavy atom. The van der Waals surface area contributed by atoms with Gasteiger partial charge in [0.05, 0.1) is 6.04 Å². The molecule has 1 aromatic carbocycles.